The SMILES string of the molecule is CC(C)(C)OC(=O)N[C@H]1CCCCC/C=C/C2C[C@]2(C(=O)NS(=O)(=O)C2CC2)NC(=O)[C@@H]2CN(C(=O)OCc3ccccc3-c3ccccc3)CCN2C1=O. The molecule has 15 heteroatoms. The van der Waals surface area contributed by atoms with E-state index in [0.29, 0.717) is 25.7 Å². The van der Waals surface area contributed by atoms with Gasteiger partial charge in [-0.05, 0) is 76.0 Å². The van der Waals surface area contributed by atoms with Crippen LogP contribution < -0.4 is 15.4 Å². The van der Waals surface area contributed by atoms with Crippen molar-refractivity contribution in [1.82, 2.24) is 25.2 Å². The quantitative estimate of drug-likeness (QED) is 0.344. The molecule has 296 valence electrons. The molecule has 0 bridgehead atoms. The fourth-order valence-corrected chi connectivity index (χ4v) is 8.50. The number of allylic oxidation sites excluding steroid dienone is 1. The minimum absolute atomic E-state index is 0.0322. The number of nitrogens with zero attached hydrogens (tertiary/aromatic N) is 2. The van der Waals surface area contributed by atoms with Gasteiger partial charge in [0.1, 0.15) is 29.8 Å². The third kappa shape index (κ3) is 9.85. The van der Waals surface area contributed by atoms with Crippen molar-refractivity contribution >= 4 is 39.9 Å². The molecule has 1 unspecified atom stereocenters. The lowest BCUT2D eigenvalue weighted by Gasteiger charge is -2.41. The van der Waals surface area contributed by atoms with Crippen molar-refractivity contribution in [1.29, 1.82) is 0 Å². The van der Waals surface area contributed by atoms with Crippen LogP contribution in [0.5, 0.6) is 0 Å². The van der Waals surface area contributed by atoms with Gasteiger partial charge in [0, 0.05) is 19.0 Å². The maximum Gasteiger partial charge on any atom is 0.410 e. The van der Waals surface area contributed by atoms with Gasteiger partial charge in [-0.2, -0.15) is 0 Å². The summed E-state index contributed by atoms with van der Waals surface area (Å²) in [5.74, 6) is -2.58. The van der Waals surface area contributed by atoms with E-state index in [2.05, 4.69) is 15.4 Å². The van der Waals surface area contributed by atoms with E-state index in [9.17, 15) is 32.4 Å². The summed E-state index contributed by atoms with van der Waals surface area (Å²) in [6, 6.07) is 14.9. The number of hydrogen-bond acceptors (Lipinski definition) is 9. The van der Waals surface area contributed by atoms with E-state index in [1.54, 1.807) is 20.8 Å². The van der Waals surface area contributed by atoms with E-state index >= 15 is 0 Å². The molecule has 14 nitrogen and oxygen atoms in total. The Bertz CT molecular complexity index is 1910. The van der Waals surface area contributed by atoms with Gasteiger partial charge in [0.05, 0.1) is 11.8 Å². The summed E-state index contributed by atoms with van der Waals surface area (Å²) in [6.07, 6.45) is 6.41. The van der Waals surface area contributed by atoms with Gasteiger partial charge in [-0.1, -0.05) is 79.6 Å². The molecular formula is C40H51N5O9S. The topological polar surface area (TPSA) is 181 Å². The molecule has 4 atom stereocenters. The number of alkyl carbamates (subject to hydrolysis) is 1. The number of ether oxygens (including phenoxy) is 2. The molecule has 2 aromatic carbocycles. The summed E-state index contributed by atoms with van der Waals surface area (Å²) in [6.45, 7) is 4.78. The van der Waals surface area contributed by atoms with Gasteiger partial charge in [-0.25, -0.2) is 18.0 Å². The molecule has 1 saturated heterocycles. The third-order valence-corrected chi connectivity index (χ3v) is 12.2. The highest BCUT2D eigenvalue weighted by Crippen LogP contribution is 2.46. The summed E-state index contributed by atoms with van der Waals surface area (Å²) in [7, 11) is -3.93. The first-order valence-electron chi connectivity index (χ1n) is 19.1. The molecule has 0 aromatic heterocycles. The fraction of sp³-hybridized carbons (Fsp3) is 0.525. The van der Waals surface area contributed by atoms with E-state index in [1.807, 2.05) is 66.7 Å². The average Bonchev–Trinajstić information content (AvgIpc) is 4.08. The molecule has 2 heterocycles. The molecule has 0 radical (unpaired) electrons. The number of hydrogen-bond donors (Lipinski definition) is 3. The van der Waals surface area contributed by atoms with Gasteiger partial charge in [0.2, 0.25) is 21.8 Å². The Morgan fingerprint density at radius 3 is 2.40 bits per heavy atom. The molecule has 0 spiro atoms. The van der Waals surface area contributed by atoms with E-state index in [1.165, 1.54) is 9.80 Å². The van der Waals surface area contributed by atoms with Crippen LogP contribution in [-0.2, 0) is 40.5 Å². The number of piperazine rings is 1. The van der Waals surface area contributed by atoms with Gasteiger partial charge in [-0.15, -0.1) is 0 Å². The zero-order valence-electron chi connectivity index (χ0n) is 31.6. The molecule has 3 N–H and O–H groups in total. The molecule has 55 heavy (non-hydrogen) atoms. The molecular weight excluding hydrogens is 727 g/mol. The molecule has 2 saturated carbocycles. The number of benzene rings is 2. The Morgan fingerprint density at radius 2 is 1.67 bits per heavy atom. The Kier molecular flexibility index (Phi) is 11.9. The van der Waals surface area contributed by atoms with Crippen molar-refractivity contribution in [3.05, 3.63) is 72.3 Å². The lowest BCUT2D eigenvalue weighted by Crippen LogP contribution is -2.66. The Balaban J connectivity index is 1.25. The van der Waals surface area contributed by atoms with Gasteiger partial charge in [0.15, 0.2) is 0 Å². The molecule has 5 amide bonds. The summed E-state index contributed by atoms with van der Waals surface area (Å²) < 4.78 is 39.1. The standard InChI is InChI=1S/C40H51N5O9S/c1-39(2,3)54-37(49)41-32-19-11-6-4-5-10-17-29-24-40(29,36(48)43-55(51,52)30-20-21-30)42-34(46)33-25-44(22-23-45(33)35(32)47)38(50)53-26-28-16-12-13-18-31(28)27-14-8-7-9-15-27/h7-10,12-18,29-30,32-33H,4-6,11,19-26H2,1-3H3,(H,41,49)(H,42,46)(H,43,48)/b17-10+/t29?,32-,33-,40-/m0/s1. The third-order valence-electron chi connectivity index (χ3n) is 10.4. The largest absolute Gasteiger partial charge is 0.445 e. The van der Waals surface area contributed by atoms with Crippen molar-refractivity contribution in [2.24, 2.45) is 5.92 Å². The summed E-state index contributed by atoms with van der Waals surface area (Å²) in [5.41, 5.74) is 0.247. The van der Waals surface area contributed by atoms with Gasteiger partial charge < -0.3 is 29.9 Å². The van der Waals surface area contributed by atoms with Gasteiger partial charge >= 0.3 is 12.2 Å². The lowest BCUT2D eigenvalue weighted by molar-refractivity contribution is -0.146. The highest BCUT2D eigenvalue weighted by molar-refractivity contribution is 7.91. The van der Waals surface area contributed by atoms with Gasteiger partial charge in [-0.3, -0.25) is 19.1 Å². The van der Waals surface area contributed by atoms with Crippen molar-refractivity contribution in [3.8, 4) is 11.1 Å². The smallest absolute Gasteiger partial charge is 0.410 e. The second kappa shape index (κ2) is 16.4. The maximum absolute atomic E-state index is 14.4. The number of nitrogens with one attached hydrogen (secondary N) is 3. The number of amides is 5. The molecule has 2 aromatic rings. The molecule has 2 aliphatic carbocycles. The van der Waals surface area contributed by atoms with Crippen LogP contribution in [-0.4, -0.2) is 96.2 Å². The highest BCUT2D eigenvalue weighted by Gasteiger charge is 2.62. The van der Waals surface area contributed by atoms with Crippen LogP contribution in [0.1, 0.15) is 77.7 Å². The van der Waals surface area contributed by atoms with Crippen molar-refractivity contribution < 1.29 is 41.9 Å². The van der Waals surface area contributed by atoms with Crippen LogP contribution >= 0.6 is 0 Å². The zero-order chi connectivity index (χ0) is 39.4. The average molecular weight is 778 g/mol. The summed E-state index contributed by atoms with van der Waals surface area (Å²) in [4.78, 5) is 71.8. The fourth-order valence-electron chi connectivity index (χ4n) is 7.14. The molecule has 2 aliphatic heterocycles. The van der Waals surface area contributed by atoms with Gasteiger partial charge in [0.25, 0.3) is 5.91 Å². The first-order chi connectivity index (χ1) is 26.2. The van der Waals surface area contributed by atoms with Crippen molar-refractivity contribution in [2.45, 2.75) is 107 Å². The number of carbonyl (C=O) groups excluding carboxylic acids is 5. The van der Waals surface area contributed by atoms with Crippen LogP contribution in [0.2, 0.25) is 0 Å². The molecule has 6 rings (SSSR count). The summed E-state index contributed by atoms with van der Waals surface area (Å²) >= 11 is 0. The number of fused-ring (bicyclic) bond motifs is 2. The minimum atomic E-state index is -3.93. The first kappa shape index (κ1) is 39.8. The normalized spacial score (nSPS) is 25.5. The van der Waals surface area contributed by atoms with E-state index in [0.717, 1.165) is 29.5 Å². The number of sulfonamides is 1. The summed E-state index contributed by atoms with van der Waals surface area (Å²) in [5, 5.41) is 4.87. The van der Waals surface area contributed by atoms with Crippen molar-refractivity contribution in [2.75, 3.05) is 19.6 Å². The molecule has 4 aliphatic rings. The maximum atomic E-state index is 14.4. The molecule has 3 fully saturated rings. The van der Waals surface area contributed by atoms with Crippen LogP contribution in [0.15, 0.2) is 66.7 Å². The van der Waals surface area contributed by atoms with Crippen LogP contribution in [0.4, 0.5) is 9.59 Å². The minimum Gasteiger partial charge on any atom is -0.445 e. The van der Waals surface area contributed by atoms with E-state index < -0.39 is 74.3 Å². The van der Waals surface area contributed by atoms with Crippen LogP contribution in [0.3, 0.4) is 0 Å². The van der Waals surface area contributed by atoms with E-state index in [4.69, 9.17) is 9.47 Å². The second-order valence-electron chi connectivity index (χ2n) is 15.8. The highest BCUT2D eigenvalue weighted by atomic mass is 32.2. The first-order valence-corrected chi connectivity index (χ1v) is 20.6. The van der Waals surface area contributed by atoms with Crippen LogP contribution in [0.25, 0.3) is 11.1 Å². The van der Waals surface area contributed by atoms with E-state index in [-0.39, 0.29) is 39.1 Å². The Morgan fingerprint density at radius 1 is 0.945 bits per heavy atom. The van der Waals surface area contributed by atoms with Crippen molar-refractivity contribution in [3.63, 3.8) is 0 Å². The lowest BCUT2D eigenvalue weighted by atomic mass is 10.0. The predicted octanol–water partition coefficient (Wildman–Crippen LogP) is 4.40. The zero-order valence-corrected chi connectivity index (χ0v) is 32.4. The number of carbonyl (C=O) groups is 5. The predicted molar refractivity (Wildman–Crippen MR) is 204 cm³/mol. The second-order valence-corrected chi connectivity index (χ2v) is 17.7. The number of rotatable bonds is 7. The monoisotopic (exact) mass is 777 g/mol. The van der Waals surface area contributed by atoms with Crippen LogP contribution in [0, 0.1) is 5.92 Å². The Labute approximate surface area is 322 Å². The Hall–Kier alpha value is -4.92.